The fraction of sp³-hybridized carbons (Fsp3) is 0.915. The maximum atomic E-state index is 12.4. The van der Waals surface area contributed by atoms with Crippen LogP contribution in [-0.2, 0) is 71.5 Å². The lowest BCUT2D eigenvalue weighted by Crippen LogP contribution is -2.53. The number of ether oxygens (including phenoxy) is 7. The number of rotatable bonds is 26. The number of alkyl halides is 12. The van der Waals surface area contributed by atoms with Crippen LogP contribution in [0.5, 0.6) is 0 Å². The van der Waals surface area contributed by atoms with E-state index in [1.54, 1.807) is 69.2 Å². The van der Waals surface area contributed by atoms with Gasteiger partial charge in [0.25, 0.3) is 0 Å². The van der Waals surface area contributed by atoms with Crippen molar-refractivity contribution in [3.05, 3.63) is 0 Å². The third-order valence-electron chi connectivity index (χ3n) is 27.3. The zero-order valence-electron chi connectivity index (χ0n) is 80.8. The van der Waals surface area contributed by atoms with Gasteiger partial charge in [0.2, 0.25) is 5.91 Å². The van der Waals surface area contributed by atoms with Crippen LogP contribution in [0.3, 0.4) is 0 Å². The molecule has 8 aliphatic carbocycles. The standard InChI is InChI=1S/2C16H26O2.C16H30O2.C12H25NO.2C9H15F3O2.2C8H13F3O2/c1-4-15(2,3)14(17)18-16-8-11-5-12(9-16)7-13(6-11)10-16;1-4-16(2,3)15(17)18-14-9-10-8-13(14)12-7-5-6-11(10)12;1-7-15(3,4)14(17)18-16(5,6)13-10-8-12(2)9-11-13;1-8-12(6,7)11(14)13(9(2)3)10(4)5;2*1-5-8(3,4)7(13)14-6(2)9(10,11)12;1-4-7(2,3)6(12)13-5-8(9,10)11;1-4-5(2)7(12)13-6(3)8(9,10)11/h11-13H,4-10H2,1-3H3;10-14H,4-9H2,1-3H3;12-13H,7-11H2,1-6H3;9-10H,8H2,1-7H3;2*6H,5H2,1-4H3;4-5H2,1-3H3;5-6H,4H2,1-3H3. The van der Waals surface area contributed by atoms with E-state index < -0.39 is 95.7 Å². The highest BCUT2D eigenvalue weighted by molar-refractivity contribution is 5.82. The Morgan fingerprint density at radius 1 is 0.393 bits per heavy atom. The molecule has 6 bridgehead atoms. The van der Waals surface area contributed by atoms with Crippen molar-refractivity contribution in [2.45, 2.75) is 449 Å². The van der Waals surface area contributed by atoms with Crippen molar-refractivity contribution in [2.75, 3.05) is 6.61 Å². The van der Waals surface area contributed by atoms with Gasteiger partial charge in [0, 0.05) is 17.5 Å². The van der Waals surface area contributed by atoms with Crippen molar-refractivity contribution >= 4 is 47.7 Å². The number of hydrogen-bond donors (Lipinski definition) is 0. The van der Waals surface area contributed by atoms with E-state index in [1.807, 2.05) is 67.2 Å². The van der Waals surface area contributed by atoms with Crippen molar-refractivity contribution in [2.24, 2.45) is 97.1 Å². The Hall–Kier alpha value is -5.08. The molecule has 0 aromatic heterocycles. The zero-order valence-corrected chi connectivity index (χ0v) is 80.8. The minimum atomic E-state index is -4.49. The molecule has 0 N–H and O–H groups in total. The SMILES string of the molecule is CCC(C)(C)C(=O)N(C(C)C)C(C)C.CCC(C)(C)C(=O)OC(C)(C)C1CCC(C)CC1.CCC(C)(C)C(=O)OC(C)C(F)(F)F.CCC(C)(C)C(=O)OC(C)C(F)(F)F.CCC(C)(C)C(=O)OC12CC3CC(CC(C3)C1)C2.CCC(C)(C)C(=O)OC1CC2CC1C1CCCC21.CCC(C)(C)C(=O)OCC(F)(F)F.CCC(C)C(=O)OC(C)C(F)(F)F. The van der Waals surface area contributed by atoms with E-state index in [0.29, 0.717) is 37.5 Å². The average molecular weight is 1780 g/mol. The predicted molar refractivity (Wildman–Crippen MR) is 452 cm³/mol. The quantitative estimate of drug-likeness (QED) is 0.0449. The molecule has 8 rings (SSSR count). The summed E-state index contributed by atoms with van der Waals surface area (Å²) in [6, 6.07) is 0.571. The van der Waals surface area contributed by atoms with Gasteiger partial charge in [-0.2, -0.15) is 52.7 Å². The second kappa shape index (κ2) is 47.8. The minimum absolute atomic E-state index is 0.0251. The number of halogens is 12. The fourth-order valence-corrected chi connectivity index (χ4v) is 15.4. The van der Waals surface area contributed by atoms with Crippen LogP contribution in [-0.4, -0.2) is 132 Å². The van der Waals surface area contributed by atoms with Crippen LogP contribution in [0.15, 0.2) is 0 Å². The number of nitrogens with zero attached hydrogens (tertiary/aromatic N) is 1. The first-order chi connectivity index (χ1) is 55.1. The van der Waals surface area contributed by atoms with Crippen LogP contribution in [0.1, 0.15) is 376 Å². The lowest BCUT2D eigenvalue weighted by Gasteiger charge is -2.56. The largest absolute Gasteiger partial charge is 0.462 e. The van der Waals surface area contributed by atoms with Gasteiger partial charge in [-0.3, -0.25) is 38.4 Å². The van der Waals surface area contributed by atoms with Gasteiger partial charge >= 0.3 is 66.5 Å². The van der Waals surface area contributed by atoms with E-state index in [2.05, 4.69) is 88.2 Å². The zero-order chi connectivity index (χ0) is 95.9. The van der Waals surface area contributed by atoms with Crippen LogP contribution in [0.4, 0.5) is 52.7 Å². The highest BCUT2D eigenvalue weighted by atomic mass is 19.4. The van der Waals surface area contributed by atoms with Crippen LogP contribution >= 0.6 is 0 Å². The van der Waals surface area contributed by atoms with E-state index in [1.165, 1.54) is 77.6 Å². The highest BCUT2D eigenvalue weighted by Crippen LogP contribution is 2.60. The summed E-state index contributed by atoms with van der Waals surface area (Å²) in [5, 5.41) is 0. The number of hydrogen-bond acceptors (Lipinski definition) is 15. The summed E-state index contributed by atoms with van der Waals surface area (Å²) in [6.07, 6.45) is 0.737. The molecule has 0 heterocycles. The van der Waals surface area contributed by atoms with Gasteiger partial charge in [-0.05, 0) is 327 Å². The lowest BCUT2D eigenvalue weighted by molar-refractivity contribution is -0.221. The summed E-state index contributed by atoms with van der Waals surface area (Å²) in [4.78, 5) is 95.3. The Balaban J connectivity index is 0.00000138. The van der Waals surface area contributed by atoms with Gasteiger partial charge in [0.05, 0.1) is 38.4 Å². The Kier molecular flexibility index (Phi) is 45.8. The lowest BCUT2D eigenvalue weighted by atomic mass is 9.54. The molecule has 8 saturated carbocycles. The molecule has 0 aliphatic heterocycles. The predicted octanol–water partition coefficient (Wildman–Crippen LogP) is 26.3. The number of amides is 1. The minimum Gasteiger partial charge on any atom is -0.462 e. The van der Waals surface area contributed by atoms with Crippen LogP contribution in [0.25, 0.3) is 0 Å². The van der Waals surface area contributed by atoms with Crippen molar-refractivity contribution in [3.8, 4) is 0 Å². The molecule has 8 fully saturated rings. The molecule has 9 unspecified atom stereocenters. The molecule has 28 heteroatoms. The summed E-state index contributed by atoms with van der Waals surface area (Å²) in [6.45, 7) is 57.7. The number of carbonyl (C=O) groups excluding carboxylic acids is 8. The maximum Gasteiger partial charge on any atom is 0.425 e. The smallest absolute Gasteiger partial charge is 0.425 e. The second-order valence-electron chi connectivity index (χ2n) is 41.4. The third-order valence-corrected chi connectivity index (χ3v) is 27.3. The Bertz CT molecular complexity index is 3120. The monoisotopic (exact) mass is 1770 g/mol. The van der Waals surface area contributed by atoms with Crippen molar-refractivity contribution in [1.29, 1.82) is 0 Å². The Morgan fingerprint density at radius 3 is 1.09 bits per heavy atom. The van der Waals surface area contributed by atoms with Crippen molar-refractivity contribution in [1.82, 2.24) is 4.90 Å². The molecule has 0 aromatic carbocycles. The van der Waals surface area contributed by atoms with E-state index in [9.17, 15) is 91.0 Å². The summed E-state index contributed by atoms with van der Waals surface area (Å²) >= 11 is 0. The van der Waals surface area contributed by atoms with Gasteiger partial charge in [0.15, 0.2) is 24.9 Å². The van der Waals surface area contributed by atoms with Gasteiger partial charge in [-0.15, -0.1) is 0 Å². The average Bonchev–Trinajstić information content (AvgIpc) is 1.41. The van der Waals surface area contributed by atoms with Crippen LogP contribution in [0, 0.1) is 97.1 Å². The molecule has 718 valence electrons. The molecule has 8 aliphatic rings. The van der Waals surface area contributed by atoms with Gasteiger partial charge < -0.3 is 38.1 Å². The molecule has 1 amide bonds. The van der Waals surface area contributed by atoms with E-state index in [4.69, 9.17) is 14.2 Å². The number of fused-ring (bicyclic) bond motifs is 5. The summed E-state index contributed by atoms with van der Waals surface area (Å²) in [7, 11) is 0. The Morgan fingerprint density at radius 2 is 0.738 bits per heavy atom. The first-order valence-electron chi connectivity index (χ1n) is 45.1. The topological polar surface area (TPSA) is 204 Å². The number of esters is 7. The van der Waals surface area contributed by atoms with Crippen LogP contribution < -0.4 is 0 Å². The van der Waals surface area contributed by atoms with Crippen molar-refractivity contribution in [3.63, 3.8) is 0 Å². The van der Waals surface area contributed by atoms with Gasteiger partial charge in [-0.1, -0.05) is 102 Å². The summed E-state index contributed by atoms with van der Waals surface area (Å²) in [5.41, 5.74) is -4.17. The first-order valence-corrected chi connectivity index (χ1v) is 45.1. The first kappa shape index (κ1) is 117. The Labute approximate surface area is 726 Å². The summed E-state index contributed by atoms with van der Waals surface area (Å²) < 4.78 is 177. The summed E-state index contributed by atoms with van der Waals surface area (Å²) in [5.74, 6) is 3.85. The van der Waals surface area contributed by atoms with Gasteiger partial charge in [0.1, 0.15) is 17.3 Å². The van der Waals surface area contributed by atoms with Crippen LogP contribution in [0.2, 0.25) is 0 Å². The van der Waals surface area contributed by atoms with E-state index in [0.717, 1.165) is 114 Å². The molecule has 0 saturated heterocycles. The number of carbonyl (C=O) groups is 8. The molecule has 0 aromatic rings. The fourth-order valence-electron chi connectivity index (χ4n) is 15.4. The van der Waals surface area contributed by atoms with E-state index in [-0.39, 0.29) is 74.9 Å². The van der Waals surface area contributed by atoms with Gasteiger partial charge in [-0.25, -0.2) is 0 Å². The molecular formula is C94H163F12NO15. The molecular weight excluding hydrogens is 1610 g/mol. The molecule has 9 atom stereocenters. The van der Waals surface area contributed by atoms with Crippen molar-refractivity contribution < 1.29 is 124 Å². The maximum absolute atomic E-state index is 12.4. The molecule has 0 spiro atoms. The van der Waals surface area contributed by atoms with E-state index >= 15 is 0 Å². The molecule has 122 heavy (non-hydrogen) atoms. The normalized spacial score (nSPS) is 24.2. The highest BCUT2D eigenvalue weighted by Gasteiger charge is 2.57. The molecule has 0 radical (unpaired) electrons. The molecule has 16 nitrogen and oxygen atoms in total. The third kappa shape index (κ3) is 37.7. The second-order valence-corrected chi connectivity index (χ2v) is 41.4.